The monoisotopic (exact) mass is 275 g/mol. The Bertz CT molecular complexity index is 315. The van der Waals surface area contributed by atoms with E-state index in [-0.39, 0.29) is 0 Å². The summed E-state index contributed by atoms with van der Waals surface area (Å²) < 4.78 is 5.70. The van der Waals surface area contributed by atoms with E-state index in [1.165, 1.54) is 64.2 Å². The third-order valence-corrected chi connectivity index (χ3v) is 3.71. The van der Waals surface area contributed by atoms with Gasteiger partial charge in [-0.25, -0.2) is 0 Å². The number of hydrogen-bond acceptors (Lipinski definition) is 1. The van der Waals surface area contributed by atoms with Crippen molar-refractivity contribution in [2.45, 2.75) is 78.1 Å². The molecule has 0 spiro atoms. The largest absolute Gasteiger partial charge is 0.494 e. The molecule has 0 N–H and O–H groups in total. The molecular formula is C19H31O. The van der Waals surface area contributed by atoms with E-state index in [4.69, 9.17) is 4.74 Å². The smallest absolute Gasteiger partial charge is 0.119 e. The summed E-state index contributed by atoms with van der Waals surface area (Å²) in [6, 6.07) is 9.18. The Labute approximate surface area is 125 Å². The van der Waals surface area contributed by atoms with Crippen molar-refractivity contribution < 1.29 is 4.74 Å². The van der Waals surface area contributed by atoms with Gasteiger partial charge in [0.15, 0.2) is 0 Å². The summed E-state index contributed by atoms with van der Waals surface area (Å²) in [5.74, 6) is 0.950. The first kappa shape index (κ1) is 17.1. The van der Waals surface area contributed by atoms with Gasteiger partial charge in [-0.05, 0) is 37.1 Å². The van der Waals surface area contributed by atoms with E-state index < -0.39 is 0 Å². The van der Waals surface area contributed by atoms with Crippen LogP contribution in [-0.2, 0) is 0 Å². The highest BCUT2D eigenvalue weighted by Gasteiger charge is 1.95. The van der Waals surface area contributed by atoms with Gasteiger partial charge in [0.25, 0.3) is 0 Å². The van der Waals surface area contributed by atoms with Crippen LogP contribution in [0.3, 0.4) is 0 Å². The van der Waals surface area contributed by atoms with Crippen LogP contribution in [0.5, 0.6) is 5.75 Å². The first-order chi connectivity index (χ1) is 9.83. The van der Waals surface area contributed by atoms with Crippen molar-refractivity contribution in [3.63, 3.8) is 0 Å². The van der Waals surface area contributed by atoms with Gasteiger partial charge in [-0.1, -0.05) is 70.8 Å². The van der Waals surface area contributed by atoms with Crippen molar-refractivity contribution in [1.82, 2.24) is 0 Å². The van der Waals surface area contributed by atoms with Crippen LogP contribution in [0, 0.1) is 13.0 Å². The molecule has 1 heteroatoms. The molecule has 0 bridgehead atoms. The number of ether oxygens (including phenoxy) is 1. The third-order valence-electron chi connectivity index (χ3n) is 3.71. The molecule has 0 aliphatic carbocycles. The highest BCUT2D eigenvalue weighted by Crippen LogP contribution is 2.13. The van der Waals surface area contributed by atoms with Gasteiger partial charge >= 0.3 is 0 Å². The molecule has 1 aromatic carbocycles. The highest BCUT2D eigenvalue weighted by molar-refractivity contribution is 5.25. The topological polar surface area (TPSA) is 9.23 Å². The Morgan fingerprint density at radius 3 is 2.00 bits per heavy atom. The molecule has 0 aliphatic heterocycles. The number of unbranched alkanes of at least 4 members (excludes halogenated alkanes) is 9. The lowest BCUT2D eigenvalue weighted by Gasteiger charge is -2.06. The van der Waals surface area contributed by atoms with Crippen molar-refractivity contribution >= 4 is 0 Å². The molecule has 20 heavy (non-hydrogen) atoms. The number of aryl methyl sites for hydroxylation is 1. The fraction of sp³-hybridized carbons (Fsp3) is 0.684. The molecule has 0 aromatic heterocycles. The van der Waals surface area contributed by atoms with Crippen LogP contribution in [0.15, 0.2) is 18.2 Å². The molecule has 0 heterocycles. The van der Waals surface area contributed by atoms with Gasteiger partial charge in [0, 0.05) is 0 Å². The molecule has 1 radical (unpaired) electrons. The minimum Gasteiger partial charge on any atom is -0.494 e. The van der Waals surface area contributed by atoms with Gasteiger partial charge < -0.3 is 4.74 Å². The van der Waals surface area contributed by atoms with E-state index in [0.29, 0.717) is 0 Å². The van der Waals surface area contributed by atoms with Gasteiger partial charge in [-0.15, -0.1) is 0 Å². The molecule has 0 fully saturated rings. The van der Waals surface area contributed by atoms with Crippen LogP contribution >= 0.6 is 0 Å². The van der Waals surface area contributed by atoms with Gasteiger partial charge in [-0.3, -0.25) is 0 Å². The van der Waals surface area contributed by atoms with Gasteiger partial charge in [-0.2, -0.15) is 0 Å². The third kappa shape index (κ3) is 9.01. The Morgan fingerprint density at radius 1 is 0.850 bits per heavy atom. The van der Waals surface area contributed by atoms with Crippen molar-refractivity contribution in [1.29, 1.82) is 0 Å². The summed E-state index contributed by atoms with van der Waals surface area (Å²) in [4.78, 5) is 0. The summed E-state index contributed by atoms with van der Waals surface area (Å²) in [5, 5.41) is 0. The van der Waals surface area contributed by atoms with Crippen LogP contribution in [0.25, 0.3) is 0 Å². The molecular weight excluding hydrogens is 244 g/mol. The van der Waals surface area contributed by atoms with Crippen LogP contribution < -0.4 is 4.74 Å². The quantitative estimate of drug-likeness (QED) is 0.419. The molecule has 0 aliphatic rings. The van der Waals surface area contributed by atoms with Crippen LogP contribution in [-0.4, -0.2) is 6.61 Å². The van der Waals surface area contributed by atoms with Gasteiger partial charge in [0.1, 0.15) is 5.75 Å². The second-order valence-electron chi connectivity index (χ2n) is 5.74. The fourth-order valence-corrected chi connectivity index (χ4v) is 2.36. The first-order valence-electron chi connectivity index (χ1n) is 8.44. The molecule has 0 amide bonds. The summed E-state index contributed by atoms with van der Waals surface area (Å²) in [6.07, 6.45) is 13.7. The first-order valence-corrected chi connectivity index (χ1v) is 8.44. The maximum atomic E-state index is 5.70. The SMILES string of the molecule is CCCCCCCCCCCCOc1c[c]c(C)cc1. The number of rotatable bonds is 12. The normalized spacial score (nSPS) is 10.7. The molecule has 0 saturated carbocycles. The molecule has 0 saturated heterocycles. The van der Waals surface area contributed by atoms with Crippen LogP contribution in [0.1, 0.15) is 76.7 Å². The maximum Gasteiger partial charge on any atom is 0.119 e. The van der Waals surface area contributed by atoms with Crippen molar-refractivity contribution in [3.8, 4) is 5.75 Å². The summed E-state index contributed by atoms with van der Waals surface area (Å²) in [6.45, 7) is 5.16. The summed E-state index contributed by atoms with van der Waals surface area (Å²) in [5.41, 5.74) is 1.16. The minimum atomic E-state index is 0.841. The molecule has 1 rings (SSSR count). The van der Waals surface area contributed by atoms with E-state index in [2.05, 4.69) is 13.0 Å². The zero-order valence-electron chi connectivity index (χ0n) is 13.4. The zero-order valence-corrected chi connectivity index (χ0v) is 13.4. The minimum absolute atomic E-state index is 0.841. The summed E-state index contributed by atoms with van der Waals surface area (Å²) in [7, 11) is 0. The van der Waals surface area contributed by atoms with Crippen LogP contribution in [0.2, 0.25) is 0 Å². The molecule has 113 valence electrons. The summed E-state index contributed by atoms with van der Waals surface area (Å²) >= 11 is 0. The Hall–Kier alpha value is -0.980. The molecule has 1 aromatic rings. The molecule has 0 unspecified atom stereocenters. The van der Waals surface area contributed by atoms with E-state index in [1.807, 2.05) is 25.1 Å². The van der Waals surface area contributed by atoms with Gasteiger partial charge in [0.05, 0.1) is 6.61 Å². The van der Waals surface area contributed by atoms with E-state index in [1.54, 1.807) is 0 Å². The maximum absolute atomic E-state index is 5.70. The number of hydrogen-bond donors (Lipinski definition) is 0. The van der Waals surface area contributed by atoms with E-state index in [0.717, 1.165) is 17.9 Å². The standard InChI is InChI=1S/C19H31O/c1-3-4-5-6-7-8-9-10-11-12-17-20-19-15-13-18(2)14-16-19/h13,15-16H,3-12,17H2,1-2H3. The van der Waals surface area contributed by atoms with Crippen molar-refractivity contribution in [2.24, 2.45) is 0 Å². The zero-order chi connectivity index (χ0) is 14.5. The Balaban J connectivity index is 1.84. The predicted octanol–water partition coefficient (Wildman–Crippen LogP) is 6.09. The molecule has 0 atom stereocenters. The lowest BCUT2D eigenvalue weighted by Crippen LogP contribution is -1.97. The predicted molar refractivity (Wildman–Crippen MR) is 87.4 cm³/mol. The average molecular weight is 275 g/mol. The Kier molecular flexibility index (Phi) is 10.1. The van der Waals surface area contributed by atoms with E-state index in [9.17, 15) is 0 Å². The van der Waals surface area contributed by atoms with E-state index >= 15 is 0 Å². The highest BCUT2D eigenvalue weighted by atomic mass is 16.5. The second-order valence-corrected chi connectivity index (χ2v) is 5.74. The number of benzene rings is 1. The lowest BCUT2D eigenvalue weighted by atomic mass is 10.1. The van der Waals surface area contributed by atoms with Gasteiger partial charge in [0.2, 0.25) is 0 Å². The fourth-order valence-electron chi connectivity index (χ4n) is 2.36. The lowest BCUT2D eigenvalue weighted by molar-refractivity contribution is 0.304. The molecule has 1 nitrogen and oxygen atoms in total. The van der Waals surface area contributed by atoms with Crippen molar-refractivity contribution in [2.75, 3.05) is 6.61 Å². The van der Waals surface area contributed by atoms with Crippen molar-refractivity contribution in [3.05, 3.63) is 29.8 Å². The van der Waals surface area contributed by atoms with Crippen LogP contribution in [0.4, 0.5) is 0 Å². The average Bonchev–Trinajstić information content (AvgIpc) is 2.47. The second kappa shape index (κ2) is 11.8. The Morgan fingerprint density at radius 2 is 1.45 bits per heavy atom.